The lowest BCUT2D eigenvalue weighted by Crippen LogP contribution is -2.26. The SMILES string of the molecule is O=[N+]([O-])c1ccc(S(=O)(=O)NCCSCc2c(F)cccc2Cl)cc1. The highest BCUT2D eigenvalue weighted by molar-refractivity contribution is 7.98. The maximum Gasteiger partial charge on any atom is 0.269 e. The molecular weight excluding hydrogens is 391 g/mol. The number of halogens is 2. The van der Waals surface area contributed by atoms with E-state index in [0.717, 1.165) is 12.1 Å². The molecule has 6 nitrogen and oxygen atoms in total. The molecule has 2 rings (SSSR count). The van der Waals surface area contributed by atoms with E-state index in [2.05, 4.69) is 4.72 Å². The third-order valence-corrected chi connectivity index (χ3v) is 6.02. The van der Waals surface area contributed by atoms with Crippen molar-refractivity contribution in [2.24, 2.45) is 0 Å². The molecule has 0 bridgehead atoms. The Hall–Kier alpha value is -1.68. The van der Waals surface area contributed by atoms with Gasteiger partial charge in [-0.25, -0.2) is 17.5 Å². The van der Waals surface area contributed by atoms with E-state index < -0.39 is 20.8 Å². The monoisotopic (exact) mass is 404 g/mol. The van der Waals surface area contributed by atoms with Gasteiger partial charge in [-0.05, 0) is 24.3 Å². The number of non-ortho nitro benzene ring substituents is 1. The molecule has 0 aromatic heterocycles. The van der Waals surface area contributed by atoms with E-state index >= 15 is 0 Å². The molecule has 10 heteroatoms. The molecule has 0 saturated carbocycles. The average molecular weight is 405 g/mol. The third-order valence-electron chi connectivity index (χ3n) is 3.20. The van der Waals surface area contributed by atoms with Crippen molar-refractivity contribution in [2.75, 3.05) is 12.3 Å². The predicted octanol–water partition coefficient (Wildman–Crippen LogP) is 3.60. The fourth-order valence-electron chi connectivity index (χ4n) is 1.92. The van der Waals surface area contributed by atoms with E-state index in [1.54, 1.807) is 6.07 Å². The Bertz CT molecular complexity index is 840. The van der Waals surface area contributed by atoms with Crippen LogP contribution in [0.5, 0.6) is 0 Å². The van der Waals surface area contributed by atoms with E-state index in [1.807, 2.05) is 0 Å². The van der Waals surface area contributed by atoms with Crippen LogP contribution in [0.3, 0.4) is 0 Å². The standard InChI is InChI=1S/C15H14ClFN2O4S2/c16-14-2-1-3-15(17)13(14)10-24-9-8-18-25(22,23)12-6-4-11(5-7-12)19(20)21/h1-7,18H,8-10H2. The minimum absolute atomic E-state index is 0.0553. The Morgan fingerprint density at radius 1 is 1.20 bits per heavy atom. The molecule has 0 radical (unpaired) electrons. The third kappa shape index (κ3) is 5.40. The number of nitrogens with one attached hydrogen (secondary N) is 1. The quantitative estimate of drug-likeness (QED) is 0.412. The molecule has 0 atom stereocenters. The lowest BCUT2D eigenvalue weighted by Gasteiger charge is -2.08. The van der Waals surface area contributed by atoms with Crippen molar-refractivity contribution in [3.63, 3.8) is 0 Å². The topological polar surface area (TPSA) is 89.3 Å². The van der Waals surface area contributed by atoms with Crippen LogP contribution in [0.15, 0.2) is 47.4 Å². The summed E-state index contributed by atoms with van der Waals surface area (Å²) in [6, 6.07) is 9.04. The molecular formula is C15H14ClFN2O4S2. The molecule has 2 aromatic rings. The number of nitro benzene ring substituents is 1. The molecule has 0 saturated heterocycles. The van der Waals surface area contributed by atoms with Gasteiger partial charge < -0.3 is 0 Å². The van der Waals surface area contributed by atoms with Gasteiger partial charge in [-0.2, -0.15) is 11.8 Å². The molecule has 134 valence electrons. The van der Waals surface area contributed by atoms with Crippen molar-refractivity contribution < 1.29 is 17.7 Å². The second kappa shape index (κ2) is 8.61. The van der Waals surface area contributed by atoms with Gasteiger partial charge in [0.05, 0.1) is 9.82 Å². The first-order valence-corrected chi connectivity index (χ1v) is 10.1. The van der Waals surface area contributed by atoms with Crippen LogP contribution in [0.2, 0.25) is 5.02 Å². The molecule has 0 unspecified atom stereocenters. The van der Waals surface area contributed by atoms with Crippen LogP contribution in [-0.2, 0) is 15.8 Å². The summed E-state index contributed by atoms with van der Waals surface area (Å²) in [5.74, 6) is 0.341. The molecule has 0 aliphatic carbocycles. The number of sulfonamides is 1. The summed E-state index contributed by atoms with van der Waals surface area (Å²) < 4.78 is 40.2. The number of hydrogen-bond donors (Lipinski definition) is 1. The highest BCUT2D eigenvalue weighted by Crippen LogP contribution is 2.23. The smallest absolute Gasteiger partial charge is 0.258 e. The van der Waals surface area contributed by atoms with E-state index in [9.17, 15) is 22.9 Å². The van der Waals surface area contributed by atoms with Gasteiger partial charge in [0, 0.05) is 40.8 Å². The summed E-state index contributed by atoms with van der Waals surface area (Å²) in [5, 5.41) is 10.9. The van der Waals surface area contributed by atoms with Gasteiger partial charge in [-0.3, -0.25) is 10.1 Å². The van der Waals surface area contributed by atoms with Crippen molar-refractivity contribution in [2.45, 2.75) is 10.6 Å². The fourth-order valence-corrected chi connectivity index (χ4v) is 4.28. The largest absolute Gasteiger partial charge is 0.269 e. The molecule has 0 spiro atoms. The van der Waals surface area contributed by atoms with Gasteiger partial charge >= 0.3 is 0 Å². The maximum atomic E-state index is 13.6. The first kappa shape index (κ1) is 19.6. The first-order valence-electron chi connectivity index (χ1n) is 7.06. The minimum Gasteiger partial charge on any atom is -0.258 e. The summed E-state index contributed by atoms with van der Waals surface area (Å²) in [5.41, 5.74) is 0.198. The van der Waals surface area contributed by atoms with E-state index in [1.165, 1.54) is 36.0 Å². The Balaban J connectivity index is 1.85. The number of thioether (sulfide) groups is 1. The second-order valence-corrected chi connectivity index (χ2v) is 8.18. The number of nitro groups is 1. The van der Waals surface area contributed by atoms with Crippen LogP contribution in [0, 0.1) is 15.9 Å². The van der Waals surface area contributed by atoms with Crippen molar-refractivity contribution >= 4 is 39.1 Å². The van der Waals surface area contributed by atoms with Crippen molar-refractivity contribution in [1.82, 2.24) is 4.72 Å². The van der Waals surface area contributed by atoms with E-state index in [4.69, 9.17) is 11.6 Å². The average Bonchev–Trinajstić information content (AvgIpc) is 2.57. The van der Waals surface area contributed by atoms with Crippen LogP contribution in [0.4, 0.5) is 10.1 Å². The van der Waals surface area contributed by atoms with Gasteiger partial charge in [0.1, 0.15) is 5.82 Å². The summed E-state index contributed by atoms with van der Waals surface area (Å²) in [6.45, 7) is 0.135. The predicted molar refractivity (Wildman–Crippen MR) is 95.9 cm³/mol. The summed E-state index contributed by atoms with van der Waals surface area (Å²) in [7, 11) is -3.75. The van der Waals surface area contributed by atoms with Crippen LogP contribution in [0.25, 0.3) is 0 Å². The Kier molecular flexibility index (Phi) is 6.77. The van der Waals surface area contributed by atoms with Crippen LogP contribution < -0.4 is 4.72 Å². The number of rotatable bonds is 8. The van der Waals surface area contributed by atoms with Gasteiger partial charge in [0.15, 0.2) is 0 Å². The Morgan fingerprint density at radius 2 is 1.88 bits per heavy atom. The van der Waals surface area contributed by atoms with Crippen molar-refractivity contribution in [3.8, 4) is 0 Å². The zero-order valence-corrected chi connectivity index (χ0v) is 15.2. The zero-order chi connectivity index (χ0) is 18.4. The van der Waals surface area contributed by atoms with E-state index in [-0.39, 0.29) is 17.1 Å². The number of hydrogen-bond acceptors (Lipinski definition) is 5. The molecule has 2 aromatic carbocycles. The normalized spacial score (nSPS) is 11.4. The Labute approximate surface area is 153 Å². The summed E-state index contributed by atoms with van der Waals surface area (Å²) >= 11 is 7.25. The number of benzene rings is 2. The Morgan fingerprint density at radius 3 is 2.48 bits per heavy atom. The molecule has 0 aliphatic heterocycles. The molecule has 0 amide bonds. The van der Waals surface area contributed by atoms with Gasteiger partial charge in [0.25, 0.3) is 5.69 Å². The first-order chi connectivity index (χ1) is 11.8. The van der Waals surface area contributed by atoms with Gasteiger partial charge in [-0.1, -0.05) is 17.7 Å². The lowest BCUT2D eigenvalue weighted by molar-refractivity contribution is -0.384. The van der Waals surface area contributed by atoms with Crippen molar-refractivity contribution in [1.29, 1.82) is 0 Å². The van der Waals surface area contributed by atoms with E-state index in [0.29, 0.717) is 22.1 Å². The van der Waals surface area contributed by atoms with Gasteiger partial charge in [0.2, 0.25) is 10.0 Å². The highest BCUT2D eigenvalue weighted by Gasteiger charge is 2.15. The lowest BCUT2D eigenvalue weighted by atomic mass is 10.2. The molecule has 25 heavy (non-hydrogen) atoms. The van der Waals surface area contributed by atoms with Crippen LogP contribution in [-0.4, -0.2) is 25.6 Å². The fraction of sp³-hybridized carbons (Fsp3) is 0.200. The summed E-state index contributed by atoms with van der Waals surface area (Å²) in [4.78, 5) is 9.91. The molecule has 0 aliphatic rings. The van der Waals surface area contributed by atoms with Gasteiger partial charge in [-0.15, -0.1) is 0 Å². The number of nitrogens with zero attached hydrogens (tertiary/aromatic N) is 1. The van der Waals surface area contributed by atoms with Crippen LogP contribution in [0.1, 0.15) is 5.56 Å². The second-order valence-electron chi connectivity index (χ2n) is 4.90. The highest BCUT2D eigenvalue weighted by atomic mass is 35.5. The minimum atomic E-state index is -3.75. The van der Waals surface area contributed by atoms with Crippen LogP contribution >= 0.6 is 23.4 Å². The molecule has 1 N–H and O–H groups in total. The molecule has 0 heterocycles. The molecule has 0 fully saturated rings. The maximum absolute atomic E-state index is 13.6. The van der Waals surface area contributed by atoms with Crippen molar-refractivity contribution in [3.05, 3.63) is 69.0 Å². The zero-order valence-electron chi connectivity index (χ0n) is 12.8. The summed E-state index contributed by atoms with van der Waals surface area (Å²) in [6.07, 6.45) is 0.